The fourth-order valence-corrected chi connectivity index (χ4v) is 2.96. The third-order valence-corrected chi connectivity index (χ3v) is 4.64. The average Bonchev–Trinajstić information content (AvgIpc) is 2.97. The number of benzene rings is 2. The molecule has 0 saturated carbocycles. The number of esters is 1. The maximum atomic E-state index is 12.7. The van der Waals surface area contributed by atoms with Crippen LogP contribution in [0.25, 0.3) is 6.08 Å². The van der Waals surface area contributed by atoms with Gasteiger partial charge in [-0.15, -0.1) is 0 Å². The SMILES string of the molecule is C=CCOC(=O)COc1cc(C)c2c(c1)O/C(=C\c1ccc(Cl)c(Cl)c1)C2=O. The lowest BCUT2D eigenvalue weighted by Crippen LogP contribution is -2.14. The molecule has 2 aromatic carbocycles. The summed E-state index contributed by atoms with van der Waals surface area (Å²) < 4.78 is 16.0. The maximum absolute atomic E-state index is 12.7. The standard InChI is InChI=1S/C21H16Cl2O5/c1-3-6-26-19(24)11-27-14-7-12(2)20-17(10-14)28-18(21(20)25)9-13-4-5-15(22)16(23)8-13/h3-5,7-10H,1,6,11H2,2H3/b18-9-. The molecule has 3 rings (SSSR count). The zero-order chi connectivity index (χ0) is 20.3. The Hall–Kier alpha value is -2.76. The van der Waals surface area contributed by atoms with Crippen LogP contribution in [-0.4, -0.2) is 25.0 Å². The second-order valence-corrected chi connectivity index (χ2v) is 6.80. The lowest BCUT2D eigenvalue weighted by atomic mass is 10.0. The van der Waals surface area contributed by atoms with E-state index in [4.69, 9.17) is 37.4 Å². The van der Waals surface area contributed by atoms with Crippen LogP contribution in [0.5, 0.6) is 11.5 Å². The first-order valence-corrected chi connectivity index (χ1v) is 9.08. The fourth-order valence-electron chi connectivity index (χ4n) is 2.65. The molecule has 0 aromatic heterocycles. The van der Waals surface area contributed by atoms with Crippen LogP contribution >= 0.6 is 23.2 Å². The number of Topliss-reactive ketones (excluding diaryl/α,β-unsaturated/α-hetero) is 1. The monoisotopic (exact) mass is 418 g/mol. The molecule has 0 amide bonds. The number of carbonyl (C=O) groups is 2. The number of halogens is 2. The normalized spacial score (nSPS) is 13.8. The van der Waals surface area contributed by atoms with Crippen molar-refractivity contribution in [2.45, 2.75) is 6.92 Å². The van der Waals surface area contributed by atoms with Crippen molar-refractivity contribution in [2.75, 3.05) is 13.2 Å². The van der Waals surface area contributed by atoms with Crippen LogP contribution in [0, 0.1) is 6.92 Å². The maximum Gasteiger partial charge on any atom is 0.344 e. The summed E-state index contributed by atoms with van der Waals surface area (Å²) in [4.78, 5) is 24.2. The molecule has 0 bridgehead atoms. The predicted molar refractivity (Wildman–Crippen MR) is 107 cm³/mol. The molecule has 0 aliphatic carbocycles. The molecule has 28 heavy (non-hydrogen) atoms. The molecule has 0 saturated heterocycles. The highest BCUT2D eigenvalue weighted by atomic mass is 35.5. The summed E-state index contributed by atoms with van der Waals surface area (Å²) in [5, 5.41) is 0.809. The summed E-state index contributed by atoms with van der Waals surface area (Å²) in [5.74, 6) is 0.172. The lowest BCUT2D eigenvalue weighted by Gasteiger charge is -2.08. The van der Waals surface area contributed by atoms with Crippen LogP contribution in [0.15, 0.2) is 48.7 Å². The molecule has 1 aliphatic heterocycles. The third kappa shape index (κ3) is 4.38. The van der Waals surface area contributed by atoms with Gasteiger partial charge in [0.25, 0.3) is 0 Å². The zero-order valence-corrected chi connectivity index (χ0v) is 16.5. The number of ketones is 1. The van der Waals surface area contributed by atoms with Gasteiger partial charge in [-0.2, -0.15) is 0 Å². The van der Waals surface area contributed by atoms with Crippen LogP contribution in [0.2, 0.25) is 10.0 Å². The van der Waals surface area contributed by atoms with E-state index in [1.165, 1.54) is 6.08 Å². The van der Waals surface area contributed by atoms with Gasteiger partial charge >= 0.3 is 5.97 Å². The molecule has 0 spiro atoms. The first kappa shape index (κ1) is 20.0. The van der Waals surface area contributed by atoms with Crippen LogP contribution in [0.4, 0.5) is 0 Å². The summed E-state index contributed by atoms with van der Waals surface area (Å²) in [6, 6.07) is 8.26. The van der Waals surface area contributed by atoms with E-state index in [2.05, 4.69) is 6.58 Å². The van der Waals surface area contributed by atoms with Gasteiger partial charge in [-0.25, -0.2) is 4.79 Å². The largest absolute Gasteiger partial charge is 0.482 e. The van der Waals surface area contributed by atoms with E-state index in [1.54, 1.807) is 43.3 Å². The van der Waals surface area contributed by atoms with Crippen molar-refractivity contribution < 1.29 is 23.8 Å². The minimum atomic E-state index is -0.518. The molecular formula is C21H16Cl2O5. The van der Waals surface area contributed by atoms with Crippen molar-refractivity contribution >= 4 is 41.0 Å². The molecular weight excluding hydrogens is 403 g/mol. The van der Waals surface area contributed by atoms with Crippen molar-refractivity contribution in [3.8, 4) is 11.5 Å². The second kappa shape index (κ2) is 8.50. The van der Waals surface area contributed by atoms with Crippen molar-refractivity contribution in [1.82, 2.24) is 0 Å². The summed E-state index contributed by atoms with van der Waals surface area (Å²) in [5.41, 5.74) is 1.81. The minimum Gasteiger partial charge on any atom is -0.482 e. The first-order valence-electron chi connectivity index (χ1n) is 8.32. The van der Waals surface area contributed by atoms with Gasteiger partial charge in [0.1, 0.15) is 18.1 Å². The van der Waals surface area contributed by atoms with Gasteiger partial charge in [-0.3, -0.25) is 4.79 Å². The number of hydrogen-bond donors (Lipinski definition) is 0. The highest BCUT2D eigenvalue weighted by Gasteiger charge is 2.30. The van der Waals surface area contributed by atoms with Crippen LogP contribution < -0.4 is 9.47 Å². The van der Waals surface area contributed by atoms with Crippen LogP contribution in [0.1, 0.15) is 21.5 Å². The smallest absolute Gasteiger partial charge is 0.344 e. The van der Waals surface area contributed by atoms with Gasteiger partial charge in [0.15, 0.2) is 12.4 Å². The topological polar surface area (TPSA) is 61.8 Å². The van der Waals surface area contributed by atoms with Gasteiger partial charge in [0.2, 0.25) is 5.78 Å². The van der Waals surface area contributed by atoms with Crippen molar-refractivity contribution in [2.24, 2.45) is 0 Å². The molecule has 7 heteroatoms. The number of carbonyl (C=O) groups excluding carboxylic acids is 2. The summed E-state index contributed by atoms with van der Waals surface area (Å²) in [6.45, 7) is 5.10. The van der Waals surface area contributed by atoms with Gasteiger partial charge in [-0.05, 0) is 42.3 Å². The van der Waals surface area contributed by atoms with E-state index < -0.39 is 5.97 Å². The molecule has 1 heterocycles. The predicted octanol–water partition coefficient (Wildman–Crippen LogP) is 5.03. The van der Waals surface area contributed by atoms with Gasteiger partial charge < -0.3 is 14.2 Å². The lowest BCUT2D eigenvalue weighted by molar-refractivity contribution is -0.144. The van der Waals surface area contributed by atoms with Gasteiger partial charge in [0, 0.05) is 6.07 Å². The van der Waals surface area contributed by atoms with E-state index in [9.17, 15) is 9.59 Å². The molecule has 5 nitrogen and oxygen atoms in total. The second-order valence-electron chi connectivity index (χ2n) is 5.99. The van der Waals surface area contributed by atoms with Crippen molar-refractivity contribution in [3.05, 3.63) is 75.5 Å². The highest BCUT2D eigenvalue weighted by Crippen LogP contribution is 2.37. The number of ether oxygens (including phenoxy) is 3. The molecule has 0 unspecified atom stereocenters. The Bertz CT molecular complexity index is 995. The van der Waals surface area contributed by atoms with Gasteiger partial charge in [-0.1, -0.05) is 41.9 Å². The van der Waals surface area contributed by atoms with Crippen molar-refractivity contribution in [3.63, 3.8) is 0 Å². The fraction of sp³-hybridized carbons (Fsp3) is 0.143. The summed E-state index contributed by atoms with van der Waals surface area (Å²) in [6.07, 6.45) is 3.07. The Morgan fingerprint density at radius 3 is 2.71 bits per heavy atom. The van der Waals surface area contributed by atoms with Crippen LogP contribution in [-0.2, 0) is 9.53 Å². The summed E-state index contributed by atoms with van der Waals surface area (Å²) >= 11 is 11.9. The Balaban J connectivity index is 1.79. The Morgan fingerprint density at radius 2 is 2.00 bits per heavy atom. The summed E-state index contributed by atoms with van der Waals surface area (Å²) in [7, 11) is 0. The number of rotatable bonds is 6. The Labute approximate surface area is 172 Å². The number of allylic oxidation sites excluding steroid dienone is 1. The highest BCUT2D eigenvalue weighted by molar-refractivity contribution is 6.42. The molecule has 0 N–H and O–H groups in total. The zero-order valence-electron chi connectivity index (χ0n) is 15.0. The molecule has 2 aromatic rings. The quantitative estimate of drug-likeness (QED) is 0.374. The third-order valence-electron chi connectivity index (χ3n) is 3.90. The van der Waals surface area contributed by atoms with Crippen LogP contribution in [0.3, 0.4) is 0 Å². The Morgan fingerprint density at radius 1 is 1.21 bits per heavy atom. The minimum absolute atomic E-state index is 0.117. The molecule has 1 aliphatic rings. The molecule has 0 atom stereocenters. The molecule has 0 fully saturated rings. The van der Waals surface area contributed by atoms with E-state index in [-0.39, 0.29) is 24.8 Å². The van der Waals surface area contributed by atoms with E-state index >= 15 is 0 Å². The number of fused-ring (bicyclic) bond motifs is 1. The van der Waals surface area contributed by atoms with Gasteiger partial charge in [0.05, 0.1) is 15.6 Å². The first-order chi connectivity index (χ1) is 13.4. The molecule has 144 valence electrons. The molecule has 0 radical (unpaired) electrons. The number of hydrogen-bond acceptors (Lipinski definition) is 5. The average molecular weight is 419 g/mol. The Kier molecular flexibility index (Phi) is 6.07. The van der Waals surface area contributed by atoms with E-state index in [1.807, 2.05) is 0 Å². The van der Waals surface area contributed by atoms with E-state index in [0.29, 0.717) is 38.2 Å². The van der Waals surface area contributed by atoms with Crippen molar-refractivity contribution in [1.29, 1.82) is 0 Å². The number of aryl methyl sites for hydroxylation is 1. The van der Waals surface area contributed by atoms with E-state index in [0.717, 1.165) is 0 Å².